The first-order chi connectivity index (χ1) is 10.2. The summed E-state index contributed by atoms with van der Waals surface area (Å²) in [5, 5.41) is 10.4. The highest BCUT2D eigenvalue weighted by molar-refractivity contribution is 6.02. The van der Waals surface area contributed by atoms with E-state index in [0.717, 1.165) is 18.8 Å². The molecule has 0 saturated carbocycles. The molecular formula is C15H19N5O. The quantitative estimate of drug-likeness (QED) is 0.937. The van der Waals surface area contributed by atoms with Gasteiger partial charge in [-0.25, -0.2) is 0 Å². The van der Waals surface area contributed by atoms with Gasteiger partial charge in [0.1, 0.15) is 0 Å². The van der Waals surface area contributed by atoms with Crippen LogP contribution < -0.4 is 10.2 Å². The van der Waals surface area contributed by atoms with E-state index in [1.165, 1.54) is 29.6 Å². The van der Waals surface area contributed by atoms with Crippen LogP contribution in [0.25, 0.3) is 0 Å². The topological polar surface area (TPSA) is 63.1 Å². The van der Waals surface area contributed by atoms with Crippen LogP contribution in [0.1, 0.15) is 29.8 Å². The van der Waals surface area contributed by atoms with Crippen molar-refractivity contribution in [3.05, 3.63) is 36.2 Å². The van der Waals surface area contributed by atoms with Crippen LogP contribution in [0.4, 0.5) is 11.4 Å². The summed E-state index contributed by atoms with van der Waals surface area (Å²) in [7, 11) is 1.73. The second-order valence-electron chi connectivity index (χ2n) is 5.33. The molecule has 1 amide bonds. The van der Waals surface area contributed by atoms with Gasteiger partial charge in [-0.1, -0.05) is 5.21 Å². The average Bonchev–Trinajstić information content (AvgIpc) is 2.96. The van der Waals surface area contributed by atoms with Gasteiger partial charge in [0.25, 0.3) is 5.91 Å². The van der Waals surface area contributed by atoms with Crippen LogP contribution in [-0.4, -0.2) is 34.0 Å². The first-order valence-corrected chi connectivity index (χ1v) is 7.25. The summed E-state index contributed by atoms with van der Waals surface area (Å²) in [5.74, 6) is -0.242. The summed E-state index contributed by atoms with van der Waals surface area (Å²) >= 11 is 0. The first kappa shape index (κ1) is 13.6. The third kappa shape index (κ3) is 3.21. The normalized spacial score (nSPS) is 15.0. The van der Waals surface area contributed by atoms with Crippen LogP contribution in [0.2, 0.25) is 0 Å². The van der Waals surface area contributed by atoms with Crippen molar-refractivity contribution in [3.8, 4) is 0 Å². The molecule has 1 saturated heterocycles. The van der Waals surface area contributed by atoms with Crippen molar-refractivity contribution in [1.82, 2.24) is 15.0 Å². The lowest BCUT2D eigenvalue weighted by atomic mass is 10.1. The number of anilines is 2. The molecule has 2 heterocycles. The van der Waals surface area contributed by atoms with Crippen LogP contribution in [0.5, 0.6) is 0 Å². The maximum atomic E-state index is 12.0. The van der Waals surface area contributed by atoms with E-state index in [0.29, 0.717) is 5.69 Å². The number of hydrogen-bond donors (Lipinski definition) is 1. The monoisotopic (exact) mass is 285 g/mol. The fraction of sp³-hybridized carbons (Fsp3) is 0.400. The molecule has 2 aromatic rings. The Bertz CT molecular complexity index is 613. The van der Waals surface area contributed by atoms with Gasteiger partial charge in [0.05, 0.1) is 6.20 Å². The number of aromatic nitrogens is 3. The zero-order valence-electron chi connectivity index (χ0n) is 12.1. The number of hydrogen-bond acceptors (Lipinski definition) is 4. The van der Waals surface area contributed by atoms with E-state index in [1.54, 1.807) is 13.2 Å². The summed E-state index contributed by atoms with van der Waals surface area (Å²) in [6.45, 7) is 2.23. The molecule has 1 N–H and O–H groups in total. The van der Waals surface area contributed by atoms with Gasteiger partial charge in [0.2, 0.25) is 0 Å². The molecule has 6 nitrogen and oxygen atoms in total. The minimum Gasteiger partial charge on any atom is -0.372 e. The van der Waals surface area contributed by atoms with Gasteiger partial charge >= 0.3 is 0 Å². The number of amides is 1. The van der Waals surface area contributed by atoms with Gasteiger partial charge in [-0.2, -0.15) is 0 Å². The smallest absolute Gasteiger partial charge is 0.277 e. The van der Waals surface area contributed by atoms with Crippen LogP contribution in [0, 0.1) is 0 Å². The highest BCUT2D eigenvalue weighted by Gasteiger charge is 2.12. The summed E-state index contributed by atoms with van der Waals surface area (Å²) in [5.41, 5.74) is 2.30. The molecule has 0 unspecified atom stereocenters. The molecule has 21 heavy (non-hydrogen) atoms. The van der Waals surface area contributed by atoms with E-state index in [2.05, 4.69) is 32.7 Å². The molecule has 6 heteroatoms. The van der Waals surface area contributed by atoms with Crippen LogP contribution in [-0.2, 0) is 7.05 Å². The number of piperidine rings is 1. The largest absolute Gasteiger partial charge is 0.372 e. The van der Waals surface area contributed by atoms with Crippen molar-refractivity contribution in [2.75, 3.05) is 23.3 Å². The third-order valence-corrected chi connectivity index (χ3v) is 3.68. The summed E-state index contributed by atoms with van der Waals surface area (Å²) in [4.78, 5) is 14.4. The van der Waals surface area contributed by atoms with Crippen LogP contribution in [0.3, 0.4) is 0 Å². The molecule has 0 bridgehead atoms. The standard InChI is InChI=1S/C15H19N5O/c1-19-11-14(17-18-19)15(21)16-12-5-7-13(8-6-12)20-9-3-2-4-10-20/h5-8,11H,2-4,9-10H2,1H3,(H,16,21). The molecule has 1 aromatic carbocycles. The van der Waals surface area contributed by atoms with E-state index in [-0.39, 0.29) is 5.91 Å². The molecule has 1 fully saturated rings. The molecule has 0 aliphatic carbocycles. The van der Waals surface area contributed by atoms with Crippen molar-refractivity contribution in [2.24, 2.45) is 7.05 Å². The summed E-state index contributed by atoms with van der Waals surface area (Å²) in [6, 6.07) is 7.96. The first-order valence-electron chi connectivity index (χ1n) is 7.25. The number of aryl methyl sites for hydroxylation is 1. The van der Waals surface area contributed by atoms with Crippen molar-refractivity contribution >= 4 is 17.3 Å². The molecule has 1 aliphatic heterocycles. The van der Waals surface area contributed by atoms with E-state index in [1.807, 2.05) is 12.1 Å². The molecule has 1 aromatic heterocycles. The fourth-order valence-electron chi connectivity index (χ4n) is 2.55. The van der Waals surface area contributed by atoms with E-state index >= 15 is 0 Å². The molecular weight excluding hydrogens is 266 g/mol. The second kappa shape index (κ2) is 5.95. The minimum absolute atomic E-state index is 0.242. The average molecular weight is 285 g/mol. The third-order valence-electron chi connectivity index (χ3n) is 3.68. The molecule has 0 spiro atoms. The SMILES string of the molecule is Cn1cc(C(=O)Nc2ccc(N3CCCCC3)cc2)nn1. The Morgan fingerprint density at radius 1 is 1.14 bits per heavy atom. The number of benzene rings is 1. The van der Waals surface area contributed by atoms with E-state index in [9.17, 15) is 4.79 Å². The Labute approximate surface area is 123 Å². The molecule has 1 aliphatic rings. The van der Waals surface area contributed by atoms with Crippen molar-refractivity contribution in [1.29, 1.82) is 0 Å². The van der Waals surface area contributed by atoms with Gasteiger partial charge < -0.3 is 10.2 Å². The maximum absolute atomic E-state index is 12.0. The lowest BCUT2D eigenvalue weighted by Crippen LogP contribution is -2.29. The van der Waals surface area contributed by atoms with Crippen molar-refractivity contribution in [3.63, 3.8) is 0 Å². The Hall–Kier alpha value is -2.37. The summed E-state index contributed by atoms with van der Waals surface area (Å²) in [6.07, 6.45) is 5.43. The van der Waals surface area contributed by atoms with Crippen LogP contribution in [0.15, 0.2) is 30.5 Å². The molecule has 3 rings (SSSR count). The van der Waals surface area contributed by atoms with Crippen molar-refractivity contribution in [2.45, 2.75) is 19.3 Å². The van der Waals surface area contributed by atoms with Gasteiger partial charge in [-0.05, 0) is 43.5 Å². The Balaban J connectivity index is 1.65. The second-order valence-corrected chi connectivity index (χ2v) is 5.33. The number of rotatable bonds is 3. The van der Waals surface area contributed by atoms with Gasteiger partial charge in [-0.3, -0.25) is 9.48 Å². The van der Waals surface area contributed by atoms with E-state index in [4.69, 9.17) is 0 Å². The highest BCUT2D eigenvalue weighted by Crippen LogP contribution is 2.21. The maximum Gasteiger partial charge on any atom is 0.277 e. The molecule has 0 atom stereocenters. The van der Waals surface area contributed by atoms with Gasteiger partial charge in [0.15, 0.2) is 5.69 Å². The lowest BCUT2D eigenvalue weighted by molar-refractivity contribution is 0.102. The number of nitrogens with zero attached hydrogens (tertiary/aromatic N) is 4. The van der Waals surface area contributed by atoms with Gasteiger partial charge in [-0.15, -0.1) is 5.10 Å². The predicted molar refractivity (Wildman–Crippen MR) is 81.5 cm³/mol. The Morgan fingerprint density at radius 3 is 2.48 bits per heavy atom. The predicted octanol–water partition coefficient (Wildman–Crippen LogP) is 2.06. The Kier molecular flexibility index (Phi) is 3.85. The van der Waals surface area contributed by atoms with Gasteiger partial charge in [0, 0.05) is 31.5 Å². The van der Waals surface area contributed by atoms with E-state index < -0.39 is 0 Å². The highest BCUT2D eigenvalue weighted by atomic mass is 16.2. The van der Waals surface area contributed by atoms with Crippen molar-refractivity contribution < 1.29 is 4.79 Å². The number of carbonyl (C=O) groups excluding carboxylic acids is 1. The number of nitrogens with one attached hydrogen (secondary N) is 1. The lowest BCUT2D eigenvalue weighted by Gasteiger charge is -2.28. The minimum atomic E-state index is -0.242. The summed E-state index contributed by atoms with van der Waals surface area (Å²) < 4.78 is 1.51. The Morgan fingerprint density at radius 2 is 1.86 bits per heavy atom. The zero-order chi connectivity index (χ0) is 14.7. The number of carbonyl (C=O) groups is 1. The molecule has 0 radical (unpaired) electrons. The fourth-order valence-corrected chi connectivity index (χ4v) is 2.55. The zero-order valence-corrected chi connectivity index (χ0v) is 12.1. The molecule has 110 valence electrons. The van der Waals surface area contributed by atoms with Crippen LogP contribution >= 0.6 is 0 Å².